The third-order valence-electron chi connectivity index (χ3n) is 5.73. The summed E-state index contributed by atoms with van der Waals surface area (Å²) in [5.74, 6) is -0.306. The van der Waals surface area contributed by atoms with Crippen LogP contribution in [0.3, 0.4) is 0 Å². The van der Waals surface area contributed by atoms with E-state index in [9.17, 15) is 15.3 Å². The van der Waals surface area contributed by atoms with Gasteiger partial charge in [-0.15, -0.1) is 0 Å². The number of hydrogen-bond donors (Lipinski definition) is 1. The second kappa shape index (κ2) is 9.20. The summed E-state index contributed by atoms with van der Waals surface area (Å²) in [5.41, 5.74) is 5.11. The second-order valence-electron chi connectivity index (χ2n) is 8.79. The molecule has 1 N–H and O–H groups in total. The normalized spacial score (nSPS) is 10.9. The molecule has 0 aliphatic carbocycles. The van der Waals surface area contributed by atoms with Crippen molar-refractivity contribution < 1.29 is 4.79 Å². The first kappa shape index (κ1) is 23.3. The molecular weight excluding hydrogens is 438 g/mol. The van der Waals surface area contributed by atoms with Gasteiger partial charge in [-0.2, -0.15) is 15.6 Å². The van der Waals surface area contributed by atoms with Gasteiger partial charge >= 0.3 is 0 Å². The summed E-state index contributed by atoms with van der Waals surface area (Å²) in [7, 11) is 1.81. The number of hydrogen-bond acceptors (Lipinski definition) is 6. The van der Waals surface area contributed by atoms with Crippen LogP contribution in [0.4, 0.5) is 5.69 Å². The maximum atomic E-state index is 12.9. The summed E-state index contributed by atoms with van der Waals surface area (Å²) in [4.78, 5) is 21.7. The molecule has 0 saturated carbocycles. The topological polar surface area (TPSA) is 120 Å². The molecule has 1 aromatic carbocycles. The van der Waals surface area contributed by atoms with Gasteiger partial charge in [0.05, 0.1) is 34.6 Å². The predicted molar refractivity (Wildman–Crippen MR) is 132 cm³/mol. The van der Waals surface area contributed by atoms with E-state index in [1.165, 1.54) is 6.20 Å². The number of nitrogens with one attached hydrogen (secondary N) is 1. The number of benzene rings is 1. The quantitative estimate of drug-likeness (QED) is 0.457. The van der Waals surface area contributed by atoms with E-state index in [4.69, 9.17) is 0 Å². The van der Waals surface area contributed by atoms with Crippen LogP contribution in [-0.4, -0.2) is 25.7 Å². The Balaban J connectivity index is 1.64. The van der Waals surface area contributed by atoms with Crippen molar-refractivity contribution in [3.05, 3.63) is 83.6 Å². The number of nitriles is 2. The van der Waals surface area contributed by atoms with Crippen LogP contribution in [0.25, 0.3) is 22.4 Å². The minimum Gasteiger partial charge on any atom is -0.322 e. The highest BCUT2D eigenvalue weighted by molar-refractivity contribution is 6.04. The molecule has 0 atom stereocenters. The molecule has 8 nitrogen and oxygen atoms in total. The van der Waals surface area contributed by atoms with Crippen molar-refractivity contribution in [3.8, 4) is 34.5 Å². The SMILES string of the molecule is Cc1ccc(NC(=O)c2ccnc(C(C)(C)C#N)c2)cc1-c1cnc(-c2cnn(C)c2)c(C#N)c1. The molecule has 4 aromatic rings. The molecule has 0 spiro atoms. The molecule has 1 amide bonds. The summed E-state index contributed by atoms with van der Waals surface area (Å²) in [6.45, 7) is 5.47. The number of nitrogens with zero attached hydrogens (tertiary/aromatic N) is 6. The Hall–Kier alpha value is -4.82. The van der Waals surface area contributed by atoms with Crippen molar-refractivity contribution in [2.75, 3.05) is 5.32 Å². The van der Waals surface area contributed by atoms with Gasteiger partial charge in [-0.05, 0) is 62.2 Å². The molecule has 0 saturated heterocycles. The highest BCUT2D eigenvalue weighted by atomic mass is 16.1. The molecule has 0 aliphatic heterocycles. The number of amides is 1. The van der Waals surface area contributed by atoms with E-state index in [2.05, 4.69) is 32.5 Å². The molecule has 3 aromatic heterocycles. The molecule has 172 valence electrons. The van der Waals surface area contributed by atoms with Crippen LogP contribution < -0.4 is 5.32 Å². The molecular formula is C27H23N7O. The maximum Gasteiger partial charge on any atom is 0.255 e. The number of anilines is 1. The molecule has 0 aliphatic rings. The third-order valence-corrected chi connectivity index (χ3v) is 5.73. The number of carbonyl (C=O) groups excluding carboxylic acids is 1. The molecule has 0 unspecified atom stereocenters. The van der Waals surface area contributed by atoms with Crippen LogP contribution in [0.2, 0.25) is 0 Å². The molecule has 8 heteroatoms. The Morgan fingerprint density at radius 3 is 2.54 bits per heavy atom. The second-order valence-corrected chi connectivity index (χ2v) is 8.79. The minimum absolute atomic E-state index is 0.306. The lowest BCUT2D eigenvalue weighted by molar-refractivity contribution is 0.102. The van der Waals surface area contributed by atoms with Crippen LogP contribution in [0.1, 0.15) is 41.0 Å². The molecule has 0 fully saturated rings. The summed E-state index contributed by atoms with van der Waals surface area (Å²) in [6, 6.07) is 15.1. The summed E-state index contributed by atoms with van der Waals surface area (Å²) < 4.78 is 1.66. The number of aryl methyl sites for hydroxylation is 2. The van der Waals surface area contributed by atoms with Crippen LogP contribution >= 0.6 is 0 Å². The Morgan fingerprint density at radius 1 is 1.06 bits per heavy atom. The standard InChI is InChI=1S/C27H23N7O/c1-17-5-6-22(33-26(35)18-7-8-30-24(10-18)27(2,3)16-29)11-23(17)20-9-19(12-28)25(31-13-20)21-14-32-34(4)15-21/h5-11,13-15H,1-4H3,(H,33,35). The lowest BCUT2D eigenvalue weighted by Crippen LogP contribution is -2.18. The molecule has 0 radical (unpaired) electrons. The largest absolute Gasteiger partial charge is 0.322 e. The van der Waals surface area contributed by atoms with Crippen molar-refractivity contribution >= 4 is 11.6 Å². The van der Waals surface area contributed by atoms with Crippen LogP contribution in [-0.2, 0) is 12.5 Å². The van der Waals surface area contributed by atoms with E-state index in [0.717, 1.165) is 22.3 Å². The number of rotatable bonds is 5. The van der Waals surface area contributed by atoms with Gasteiger partial charge in [0.15, 0.2) is 0 Å². The van der Waals surface area contributed by atoms with Gasteiger partial charge in [-0.3, -0.25) is 19.4 Å². The van der Waals surface area contributed by atoms with E-state index in [1.807, 2.05) is 38.4 Å². The first-order chi connectivity index (χ1) is 16.7. The smallest absolute Gasteiger partial charge is 0.255 e. The van der Waals surface area contributed by atoms with Crippen molar-refractivity contribution in [1.82, 2.24) is 19.7 Å². The fourth-order valence-electron chi connectivity index (χ4n) is 3.66. The van der Waals surface area contributed by atoms with Gasteiger partial charge in [0.1, 0.15) is 6.07 Å². The van der Waals surface area contributed by atoms with E-state index in [-0.39, 0.29) is 5.91 Å². The van der Waals surface area contributed by atoms with Gasteiger partial charge in [-0.25, -0.2) is 0 Å². The Labute approximate surface area is 203 Å². The zero-order valence-corrected chi connectivity index (χ0v) is 19.9. The van der Waals surface area contributed by atoms with E-state index in [1.54, 1.807) is 49.1 Å². The third kappa shape index (κ3) is 4.78. The number of pyridine rings is 2. The van der Waals surface area contributed by atoms with Crippen LogP contribution in [0, 0.1) is 29.6 Å². The summed E-state index contributed by atoms with van der Waals surface area (Å²) >= 11 is 0. The number of carbonyl (C=O) groups is 1. The zero-order valence-electron chi connectivity index (χ0n) is 19.9. The Kier molecular flexibility index (Phi) is 6.14. The molecule has 4 rings (SSSR count). The summed E-state index contributed by atoms with van der Waals surface area (Å²) in [6.07, 6.45) is 6.73. The van der Waals surface area contributed by atoms with E-state index >= 15 is 0 Å². The van der Waals surface area contributed by atoms with Gasteiger partial charge in [0, 0.05) is 48.0 Å². The Bertz CT molecular complexity index is 1520. The Morgan fingerprint density at radius 2 is 1.86 bits per heavy atom. The predicted octanol–water partition coefficient (Wildman–Crippen LogP) is 4.78. The van der Waals surface area contributed by atoms with Crippen molar-refractivity contribution in [1.29, 1.82) is 10.5 Å². The van der Waals surface area contributed by atoms with Crippen molar-refractivity contribution in [2.45, 2.75) is 26.2 Å². The van der Waals surface area contributed by atoms with Crippen LogP contribution in [0.15, 0.2) is 61.2 Å². The number of aromatic nitrogens is 4. The fourth-order valence-corrected chi connectivity index (χ4v) is 3.66. The van der Waals surface area contributed by atoms with Gasteiger partial charge < -0.3 is 5.32 Å². The molecule has 35 heavy (non-hydrogen) atoms. The van der Waals surface area contributed by atoms with Crippen molar-refractivity contribution in [3.63, 3.8) is 0 Å². The average Bonchev–Trinajstić information content (AvgIpc) is 3.30. The lowest BCUT2D eigenvalue weighted by atomic mass is 9.90. The summed E-state index contributed by atoms with van der Waals surface area (Å²) in [5, 5.41) is 26.2. The van der Waals surface area contributed by atoms with E-state index < -0.39 is 5.41 Å². The molecule has 0 bridgehead atoms. The first-order valence-corrected chi connectivity index (χ1v) is 10.9. The van der Waals surface area contributed by atoms with Gasteiger partial charge in [-0.1, -0.05) is 6.07 Å². The van der Waals surface area contributed by atoms with Gasteiger partial charge in [0.2, 0.25) is 0 Å². The monoisotopic (exact) mass is 461 g/mol. The van der Waals surface area contributed by atoms with Gasteiger partial charge in [0.25, 0.3) is 5.91 Å². The highest BCUT2D eigenvalue weighted by Crippen LogP contribution is 2.30. The van der Waals surface area contributed by atoms with E-state index in [0.29, 0.717) is 28.2 Å². The zero-order chi connectivity index (χ0) is 25.2. The fraction of sp³-hybridized carbons (Fsp3) is 0.185. The lowest BCUT2D eigenvalue weighted by Gasteiger charge is -2.15. The first-order valence-electron chi connectivity index (χ1n) is 10.9. The van der Waals surface area contributed by atoms with Crippen LogP contribution in [0.5, 0.6) is 0 Å². The average molecular weight is 462 g/mol. The highest BCUT2D eigenvalue weighted by Gasteiger charge is 2.22. The molecule has 3 heterocycles. The van der Waals surface area contributed by atoms with Crippen molar-refractivity contribution in [2.24, 2.45) is 7.05 Å². The maximum absolute atomic E-state index is 12.9. The minimum atomic E-state index is -0.805.